The van der Waals surface area contributed by atoms with Crippen molar-refractivity contribution in [1.82, 2.24) is 4.57 Å². The Balaban J connectivity index is 1.85. The molecular weight excluding hydrogens is 323 g/mol. The molecule has 7 heteroatoms. The molecule has 2 aromatic rings. The second kappa shape index (κ2) is 7.81. The summed E-state index contributed by atoms with van der Waals surface area (Å²) < 4.78 is 43.5. The molecule has 128 valence electrons. The zero-order chi connectivity index (χ0) is 17.6. The van der Waals surface area contributed by atoms with E-state index in [9.17, 15) is 22.8 Å². The van der Waals surface area contributed by atoms with Crippen molar-refractivity contribution in [2.75, 3.05) is 6.61 Å². The van der Waals surface area contributed by atoms with E-state index >= 15 is 0 Å². The zero-order valence-electron chi connectivity index (χ0n) is 12.8. The van der Waals surface area contributed by atoms with Gasteiger partial charge in [0, 0.05) is 12.3 Å². The first kappa shape index (κ1) is 17.8. The number of aryl methyl sites for hydroxylation is 1. The van der Waals surface area contributed by atoms with Crippen LogP contribution in [0.25, 0.3) is 0 Å². The monoisotopic (exact) mass is 339 g/mol. The van der Waals surface area contributed by atoms with E-state index in [1.165, 1.54) is 0 Å². The van der Waals surface area contributed by atoms with Gasteiger partial charge in [0.2, 0.25) is 0 Å². The molecular formula is C17H16F3NO3. The number of esters is 1. The first-order chi connectivity index (χ1) is 11.4. The second-order valence-electron chi connectivity index (χ2n) is 5.19. The molecule has 0 atom stereocenters. The summed E-state index contributed by atoms with van der Waals surface area (Å²) in [4.78, 5) is 23.2. The highest BCUT2D eigenvalue weighted by molar-refractivity contribution is 5.69. The number of benzene rings is 1. The molecule has 0 spiro atoms. The first-order valence-corrected chi connectivity index (χ1v) is 7.33. The Bertz CT molecular complexity index is 739. The topological polar surface area (TPSA) is 48.3 Å². The maximum Gasteiger partial charge on any atom is 0.417 e. The van der Waals surface area contributed by atoms with Crippen molar-refractivity contribution in [2.45, 2.75) is 25.6 Å². The van der Waals surface area contributed by atoms with Crippen LogP contribution in [0.1, 0.15) is 17.5 Å². The van der Waals surface area contributed by atoms with E-state index in [1.54, 1.807) is 0 Å². The molecule has 0 aliphatic rings. The van der Waals surface area contributed by atoms with Gasteiger partial charge < -0.3 is 9.30 Å². The van der Waals surface area contributed by atoms with Gasteiger partial charge in [-0.05, 0) is 24.5 Å². The molecule has 0 fully saturated rings. The Labute approximate surface area is 136 Å². The van der Waals surface area contributed by atoms with Crippen LogP contribution in [0.4, 0.5) is 13.2 Å². The summed E-state index contributed by atoms with van der Waals surface area (Å²) in [5.41, 5.74) is -0.578. The fraction of sp³-hybridized carbons (Fsp3) is 0.294. The number of rotatable bonds is 6. The molecule has 0 radical (unpaired) electrons. The maximum absolute atomic E-state index is 12.6. The molecule has 0 unspecified atom stereocenters. The van der Waals surface area contributed by atoms with Crippen LogP contribution in [0.2, 0.25) is 0 Å². The van der Waals surface area contributed by atoms with Gasteiger partial charge in [-0.1, -0.05) is 30.3 Å². The second-order valence-corrected chi connectivity index (χ2v) is 5.19. The van der Waals surface area contributed by atoms with E-state index in [0.717, 1.165) is 18.1 Å². The standard InChI is InChI=1S/C17H16F3NO3/c18-17(19,20)14-8-9-15(22)21(11-14)12-16(23)24-10-4-7-13-5-2-1-3-6-13/h1-3,5-6,8-9,11H,4,7,10,12H2. The van der Waals surface area contributed by atoms with Crippen molar-refractivity contribution >= 4 is 5.97 Å². The van der Waals surface area contributed by atoms with Gasteiger partial charge in [0.25, 0.3) is 5.56 Å². The number of pyridine rings is 1. The number of hydrogen-bond acceptors (Lipinski definition) is 3. The van der Waals surface area contributed by atoms with E-state index < -0.39 is 29.8 Å². The Hall–Kier alpha value is -2.57. The molecule has 24 heavy (non-hydrogen) atoms. The fourth-order valence-corrected chi connectivity index (χ4v) is 2.11. The van der Waals surface area contributed by atoms with Crippen LogP contribution >= 0.6 is 0 Å². The zero-order valence-corrected chi connectivity index (χ0v) is 12.8. The van der Waals surface area contributed by atoms with Gasteiger partial charge in [0.15, 0.2) is 0 Å². The van der Waals surface area contributed by atoms with Gasteiger partial charge in [0.05, 0.1) is 12.2 Å². The first-order valence-electron chi connectivity index (χ1n) is 7.33. The summed E-state index contributed by atoms with van der Waals surface area (Å²) in [5, 5.41) is 0. The highest BCUT2D eigenvalue weighted by Gasteiger charge is 2.31. The molecule has 0 aliphatic heterocycles. The van der Waals surface area contributed by atoms with Crippen LogP contribution in [-0.2, 0) is 28.7 Å². The third-order valence-electron chi connectivity index (χ3n) is 3.33. The van der Waals surface area contributed by atoms with Gasteiger partial charge in [-0.2, -0.15) is 13.2 Å². The SMILES string of the molecule is O=C(Cn1cc(C(F)(F)F)ccc1=O)OCCCc1ccccc1. The van der Waals surface area contributed by atoms with Crippen molar-refractivity contribution in [3.63, 3.8) is 0 Å². The van der Waals surface area contributed by atoms with Crippen molar-refractivity contribution < 1.29 is 22.7 Å². The lowest BCUT2D eigenvalue weighted by molar-refractivity contribution is -0.145. The highest BCUT2D eigenvalue weighted by atomic mass is 19.4. The number of aromatic nitrogens is 1. The molecule has 1 aromatic carbocycles. The number of hydrogen-bond donors (Lipinski definition) is 0. The molecule has 0 aliphatic carbocycles. The normalized spacial score (nSPS) is 11.3. The maximum atomic E-state index is 12.6. The molecule has 4 nitrogen and oxygen atoms in total. The number of carbonyl (C=O) groups excluding carboxylic acids is 1. The summed E-state index contributed by atoms with van der Waals surface area (Å²) in [6.45, 7) is -0.407. The van der Waals surface area contributed by atoms with Crippen molar-refractivity contribution in [2.24, 2.45) is 0 Å². The van der Waals surface area contributed by atoms with E-state index in [0.29, 0.717) is 23.3 Å². The van der Waals surface area contributed by atoms with E-state index in [4.69, 9.17) is 4.74 Å². The quantitative estimate of drug-likeness (QED) is 0.600. The smallest absolute Gasteiger partial charge is 0.417 e. The minimum Gasteiger partial charge on any atom is -0.464 e. The van der Waals surface area contributed by atoms with Gasteiger partial charge in [-0.3, -0.25) is 9.59 Å². The lowest BCUT2D eigenvalue weighted by Gasteiger charge is -2.10. The third kappa shape index (κ3) is 5.26. The summed E-state index contributed by atoms with van der Waals surface area (Å²) in [6.07, 6.45) is -2.65. The van der Waals surface area contributed by atoms with Crippen molar-refractivity contribution in [3.05, 3.63) is 70.1 Å². The van der Waals surface area contributed by atoms with Crippen LogP contribution < -0.4 is 5.56 Å². The predicted molar refractivity (Wildman–Crippen MR) is 81.4 cm³/mol. The van der Waals surface area contributed by atoms with E-state index in [1.807, 2.05) is 30.3 Å². The summed E-state index contributed by atoms with van der Waals surface area (Å²) in [6, 6.07) is 11.1. The Morgan fingerprint density at radius 2 is 1.79 bits per heavy atom. The van der Waals surface area contributed by atoms with Gasteiger partial charge in [0.1, 0.15) is 6.54 Å². The minimum absolute atomic E-state index is 0.140. The number of alkyl halides is 3. The Kier molecular flexibility index (Phi) is 5.78. The summed E-state index contributed by atoms with van der Waals surface area (Å²) in [5.74, 6) is -0.746. The number of carbonyl (C=O) groups is 1. The van der Waals surface area contributed by atoms with Gasteiger partial charge in [-0.15, -0.1) is 0 Å². The third-order valence-corrected chi connectivity index (χ3v) is 3.33. The average molecular weight is 339 g/mol. The van der Waals surface area contributed by atoms with Crippen LogP contribution in [-0.4, -0.2) is 17.1 Å². The molecule has 1 heterocycles. The van der Waals surface area contributed by atoms with E-state index in [-0.39, 0.29) is 6.61 Å². The van der Waals surface area contributed by atoms with Crippen LogP contribution in [0.3, 0.4) is 0 Å². The van der Waals surface area contributed by atoms with Crippen LogP contribution in [0, 0.1) is 0 Å². The van der Waals surface area contributed by atoms with Crippen LogP contribution in [0.15, 0.2) is 53.5 Å². The van der Waals surface area contributed by atoms with Crippen molar-refractivity contribution in [3.8, 4) is 0 Å². The average Bonchev–Trinajstić information content (AvgIpc) is 2.53. The molecule has 0 bridgehead atoms. The largest absolute Gasteiger partial charge is 0.464 e. The molecule has 0 N–H and O–H groups in total. The summed E-state index contributed by atoms with van der Waals surface area (Å²) in [7, 11) is 0. The lowest BCUT2D eigenvalue weighted by atomic mass is 10.1. The molecule has 0 saturated carbocycles. The Morgan fingerprint density at radius 3 is 2.46 bits per heavy atom. The molecule has 1 aromatic heterocycles. The van der Waals surface area contributed by atoms with Crippen LogP contribution in [0.5, 0.6) is 0 Å². The predicted octanol–water partition coefficient (Wildman–Crippen LogP) is 3.04. The van der Waals surface area contributed by atoms with Crippen molar-refractivity contribution in [1.29, 1.82) is 0 Å². The lowest BCUT2D eigenvalue weighted by Crippen LogP contribution is -2.26. The van der Waals surface area contributed by atoms with E-state index in [2.05, 4.69) is 0 Å². The Morgan fingerprint density at radius 1 is 1.08 bits per heavy atom. The van der Waals surface area contributed by atoms with Gasteiger partial charge >= 0.3 is 12.1 Å². The molecule has 0 amide bonds. The number of halogens is 3. The number of nitrogens with zero attached hydrogens (tertiary/aromatic N) is 1. The summed E-state index contributed by atoms with van der Waals surface area (Å²) >= 11 is 0. The number of ether oxygens (including phenoxy) is 1. The van der Waals surface area contributed by atoms with Gasteiger partial charge in [-0.25, -0.2) is 0 Å². The highest BCUT2D eigenvalue weighted by Crippen LogP contribution is 2.27. The minimum atomic E-state index is -4.57. The molecule has 0 saturated heterocycles. The molecule has 2 rings (SSSR count). The fourth-order valence-electron chi connectivity index (χ4n) is 2.11.